The van der Waals surface area contributed by atoms with Gasteiger partial charge in [-0.2, -0.15) is 0 Å². The van der Waals surface area contributed by atoms with Gasteiger partial charge in [-0.05, 0) is 49.6 Å². The number of hydrogen-bond donors (Lipinski definition) is 1. The minimum atomic E-state index is -0.164. The summed E-state index contributed by atoms with van der Waals surface area (Å²) in [6.45, 7) is 4.41. The standard InChI is InChI=1S/C15H23ClFN/c1-4-5-6-11(2)15(18-3)10-12-9-13(16)7-8-14(12)17/h7-9,11,15,18H,4-6,10H2,1-3H3. The molecule has 0 radical (unpaired) electrons. The molecule has 0 saturated carbocycles. The van der Waals surface area contributed by atoms with Crippen LogP contribution in [-0.4, -0.2) is 13.1 Å². The van der Waals surface area contributed by atoms with E-state index >= 15 is 0 Å². The zero-order valence-electron chi connectivity index (χ0n) is 11.5. The third-order valence-electron chi connectivity index (χ3n) is 3.52. The third-order valence-corrected chi connectivity index (χ3v) is 3.75. The summed E-state index contributed by atoms with van der Waals surface area (Å²) in [6, 6.07) is 5.06. The van der Waals surface area contributed by atoms with Gasteiger partial charge in [0.05, 0.1) is 0 Å². The molecule has 0 aliphatic heterocycles. The van der Waals surface area contributed by atoms with Crippen molar-refractivity contribution in [2.24, 2.45) is 5.92 Å². The van der Waals surface area contributed by atoms with Crippen LogP contribution in [0.2, 0.25) is 5.02 Å². The second-order valence-electron chi connectivity index (χ2n) is 4.95. The monoisotopic (exact) mass is 271 g/mol. The van der Waals surface area contributed by atoms with E-state index in [0.29, 0.717) is 29.0 Å². The van der Waals surface area contributed by atoms with Gasteiger partial charge >= 0.3 is 0 Å². The first-order chi connectivity index (χ1) is 8.58. The Kier molecular flexibility index (Phi) is 6.66. The lowest BCUT2D eigenvalue weighted by atomic mass is 9.91. The molecule has 0 spiro atoms. The summed E-state index contributed by atoms with van der Waals surface area (Å²) in [5.41, 5.74) is 0.699. The van der Waals surface area contributed by atoms with Gasteiger partial charge in [0, 0.05) is 11.1 Å². The Balaban J connectivity index is 2.69. The van der Waals surface area contributed by atoms with Gasteiger partial charge in [-0.25, -0.2) is 4.39 Å². The van der Waals surface area contributed by atoms with E-state index in [1.165, 1.54) is 25.3 Å². The minimum absolute atomic E-state index is 0.164. The molecule has 0 aliphatic rings. The van der Waals surface area contributed by atoms with E-state index in [-0.39, 0.29) is 5.82 Å². The van der Waals surface area contributed by atoms with Crippen molar-refractivity contribution in [2.75, 3.05) is 7.05 Å². The normalized spacial score (nSPS) is 14.5. The van der Waals surface area contributed by atoms with Gasteiger partial charge in [-0.3, -0.25) is 0 Å². The average molecular weight is 272 g/mol. The van der Waals surface area contributed by atoms with Crippen LogP contribution >= 0.6 is 11.6 Å². The Morgan fingerprint density at radius 1 is 1.39 bits per heavy atom. The van der Waals surface area contributed by atoms with E-state index in [9.17, 15) is 4.39 Å². The van der Waals surface area contributed by atoms with Crippen molar-refractivity contribution < 1.29 is 4.39 Å². The van der Waals surface area contributed by atoms with Gasteiger partial charge in [0.25, 0.3) is 0 Å². The Morgan fingerprint density at radius 3 is 2.72 bits per heavy atom. The topological polar surface area (TPSA) is 12.0 Å². The van der Waals surface area contributed by atoms with E-state index in [1.807, 2.05) is 7.05 Å². The van der Waals surface area contributed by atoms with Crippen LogP contribution in [0.3, 0.4) is 0 Å². The lowest BCUT2D eigenvalue weighted by Gasteiger charge is -2.24. The molecule has 1 nitrogen and oxygen atoms in total. The average Bonchev–Trinajstić information content (AvgIpc) is 2.36. The molecule has 18 heavy (non-hydrogen) atoms. The minimum Gasteiger partial charge on any atom is -0.316 e. The molecule has 3 heteroatoms. The fourth-order valence-electron chi connectivity index (χ4n) is 2.25. The first-order valence-electron chi connectivity index (χ1n) is 6.69. The quantitative estimate of drug-likeness (QED) is 0.773. The molecule has 1 aromatic carbocycles. The summed E-state index contributed by atoms with van der Waals surface area (Å²) >= 11 is 5.92. The van der Waals surface area contributed by atoms with Crippen molar-refractivity contribution in [3.05, 3.63) is 34.6 Å². The first-order valence-corrected chi connectivity index (χ1v) is 7.07. The van der Waals surface area contributed by atoms with Crippen LogP contribution in [0.4, 0.5) is 4.39 Å². The van der Waals surface area contributed by atoms with E-state index in [0.717, 1.165) is 0 Å². The van der Waals surface area contributed by atoms with Gasteiger partial charge in [0.15, 0.2) is 0 Å². The Hall–Kier alpha value is -0.600. The molecule has 0 saturated heterocycles. The predicted octanol–water partition coefficient (Wildman–Crippen LogP) is 4.44. The van der Waals surface area contributed by atoms with Crippen LogP contribution in [0.1, 0.15) is 38.7 Å². The SMILES string of the molecule is CCCCC(C)C(Cc1cc(Cl)ccc1F)NC. The van der Waals surface area contributed by atoms with Crippen molar-refractivity contribution in [2.45, 2.75) is 45.6 Å². The highest BCUT2D eigenvalue weighted by Gasteiger charge is 2.17. The van der Waals surface area contributed by atoms with Gasteiger partial charge in [-0.1, -0.05) is 38.3 Å². The molecule has 0 aliphatic carbocycles. The number of nitrogens with one attached hydrogen (secondary N) is 1. The lowest BCUT2D eigenvalue weighted by Crippen LogP contribution is -2.34. The molecule has 2 unspecified atom stereocenters. The number of unbranched alkanes of at least 4 members (excludes halogenated alkanes) is 1. The predicted molar refractivity (Wildman–Crippen MR) is 76.7 cm³/mol. The van der Waals surface area contributed by atoms with E-state index in [1.54, 1.807) is 12.1 Å². The smallest absolute Gasteiger partial charge is 0.126 e. The first kappa shape index (κ1) is 15.5. The van der Waals surface area contributed by atoms with Crippen molar-refractivity contribution in [3.8, 4) is 0 Å². The van der Waals surface area contributed by atoms with Gasteiger partial charge in [0.2, 0.25) is 0 Å². The molecular weight excluding hydrogens is 249 g/mol. The zero-order valence-corrected chi connectivity index (χ0v) is 12.2. The van der Waals surface area contributed by atoms with E-state index in [2.05, 4.69) is 19.2 Å². The zero-order chi connectivity index (χ0) is 13.5. The van der Waals surface area contributed by atoms with Gasteiger partial charge < -0.3 is 5.32 Å². The largest absolute Gasteiger partial charge is 0.316 e. The summed E-state index contributed by atoms with van der Waals surface area (Å²) in [5, 5.41) is 3.90. The van der Waals surface area contributed by atoms with Crippen LogP contribution < -0.4 is 5.32 Å². The molecule has 0 amide bonds. The van der Waals surface area contributed by atoms with Crippen LogP contribution in [-0.2, 0) is 6.42 Å². The summed E-state index contributed by atoms with van der Waals surface area (Å²) in [6.07, 6.45) is 4.28. The highest BCUT2D eigenvalue weighted by atomic mass is 35.5. The molecule has 102 valence electrons. The molecule has 0 fully saturated rings. The maximum Gasteiger partial charge on any atom is 0.126 e. The van der Waals surface area contributed by atoms with Crippen LogP contribution in [0, 0.1) is 11.7 Å². The Bertz CT molecular complexity index is 368. The highest BCUT2D eigenvalue weighted by Crippen LogP contribution is 2.20. The number of likely N-dealkylation sites (N-methyl/N-ethyl adjacent to an activating group) is 1. The lowest BCUT2D eigenvalue weighted by molar-refractivity contribution is 0.362. The van der Waals surface area contributed by atoms with E-state index in [4.69, 9.17) is 11.6 Å². The van der Waals surface area contributed by atoms with Gasteiger partial charge in [-0.15, -0.1) is 0 Å². The van der Waals surface area contributed by atoms with E-state index < -0.39 is 0 Å². The van der Waals surface area contributed by atoms with Gasteiger partial charge in [0.1, 0.15) is 5.82 Å². The molecule has 2 atom stereocenters. The third kappa shape index (κ3) is 4.58. The number of benzene rings is 1. The van der Waals surface area contributed by atoms with Crippen LogP contribution in [0.5, 0.6) is 0 Å². The van der Waals surface area contributed by atoms with Crippen molar-refractivity contribution in [3.63, 3.8) is 0 Å². The van der Waals surface area contributed by atoms with Crippen LogP contribution in [0.15, 0.2) is 18.2 Å². The molecule has 1 aromatic rings. The fourth-order valence-corrected chi connectivity index (χ4v) is 2.45. The number of hydrogen-bond acceptors (Lipinski definition) is 1. The summed E-state index contributed by atoms with van der Waals surface area (Å²) in [7, 11) is 1.94. The summed E-state index contributed by atoms with van der Waals surface area (Å²) in [5.74, 6) is 0.371. The molecule has 1 rings (SSSR count). The Labute approximate surface area is 115 Å². The second-order valence-corrected chi connectivity index (χ2v) is 5.39. The van der Waals surface area contributed by atoms with Crippen molar-refractivity contribution in [1.82, 2.24) is 5.32 Å². The molecule has 0 aromatic heterocycles. The molecule has 0 heterocycles. The molecule has 0 bridgehead atoms. The van der Waals surface area contributed by atoms with Crippen molar-refractivity contribution in [1.29, 1.82) is 0 Å². The van der Waals surface area contributed by atoms with Crippen LogP contribution in [0.25, 0.3) is 0 Å². The fraction of sp³-hybridized carbons (Fsp3) is 0.600. The van der Waals surface area contributed by atoms with Crippen molar-refractivity contribution >= 4 is 11.6 Å². The summed E-state index contributed by atoms with van der Waals surface area (Å²) < 4.78 is 13.7. The second kappa shape index (κ2) is 7.75. The highest BCUT2D eigenvalue weighted by molar-refractivity contribution is 6.30. The molecular formula is C15H23ClFN. The maximum absolute atomic E-state index is 13.7. The summed E-state index contributed by atoms with van der Waals surface area (Å²) in [4.78, 5) is 0. The Morgan fingerprint density at radius 2 is 2.11 bits per heavy atom. The number of halogens is 2. The maximum atomic E-state index is 13.7. The number of rotatable bonds is 7. The molecule has 1 N–H and O–H groups in total.